The number of thiazole rings is 1. The van der Waals surface area contributed by atoms with Crippen molar-refractivity contribution in [3.63, 3.8) is 0 Å². The summed E-state index contributed by atoms with van der Waals surface area (Å²) in [5.41, 5.74) is 0.409. The van der Waals surface area contributed by atoms with Gasteiger partial charge < -0.3 is 10.2 Å². The van der Waals surface area contributed by atoms with Crippen LogP contribution in [0.25, 0.3) is 10.6 Å². The lowest BCUT2D eigenvalue weighted by Crippen LogP contribution is -2.48. The molecule has 1 unspecified atom stereocenters. The molecule has 8 heteroatoms. The van der Waals surface area contributed by atoms with Crippen molar-refractivity contribution in [2.75, 3.05) is 18.0 Å². The molecule has 0 radical (unpaired) electrons. The van der Waals surface area contributed by atoms with E-state index in [2.05, 4.69) is 25.2 Å². The lowest BCUT2D eigenvalue weighted by Gasteiger charge is -2.32. The van der Waals surface area contributed by atoms with E-state index in [0.717, 1.165) is 19.4 Å². The van der Waals surface area contributed by atoms with E-state index in [1.807, 2.05) is 0 Å². The van der Waals surface area contributed by atoms with Crippen molar-refractivity contribution < 1.29 is 9.18 Å². The van der Waals surface area contributed by atoms with Crippen LogP contribution >= 0.6 is 11.3 Å². The quantitative estimate of drug-likeness (QED) is 0.749. The van der Waals surface area contributed by atoms with Crippen LogP contribution in [0.3, 0.4) is 0 Å². The molecular formula is C19H18FN5OS. The van der Waals surface area contributed by atoms with E-state index in [0.29, 0.717) is 27.9 Å². The summed E-state index contributed by atoms with van der Waals surface area (Å²) < 4.78 is 13.9. The average molecular weight is 383 g/mol. The molecule has 1 saturated heterocycles. The van der Waals surface area contributed by atoms with Crippen molar-refractivity contribution in [1.82, 2.24) is 20.3 Å². The second kappa shape index (κ2) is 7.79. The lowest BCUT2D eigenvalue weighted by molar-refractivity contribution is 0.0937. The van der Waals surface area contributed by atoms with Crippen LogP contribution in [0.1, 0.15) is 22.5 Å². The Bertz CT molecular complexity index is 933. The molecule has 1 aliphatic heterocycles. The van der Waals surface area contributed by atoms with Gasteiger partial charge in [0.15, 0.2) is 0 Å². The van der Waals surface area contributed by atoms with Gasteiger partial charge in [-0.1, -0.05) is 12.1 Å². The highest BCUT2D eigenvalue weighted by Crippen LogP contribution is 2.27. The molecule has 27 heavy (non-hydrogen) atoms. The number of carbonyl (C=O) groups is 1. The Labute approximate surface area is 160 Å². The SMILES string of the molecule is O=C(NC1CCCN(c2ncccn2)C1)c1cnc(-c2ccccc2F)s1. The zero-order valence-corrected chi connectivity index (χ0v) is 15.3. The van der Waals surface area contributed by atoms with Crippen LogP contribution in [0.4, 0.5) is 10.3 Å². The average Bonchev–Trinajstić information content (AvgIpc) is 3.19. The molecule has 1 amide bonds. The smallest absolute Gasteiger partial charge is 0.263 e. The fourth-order valence-corrected chi connectivity index (χ4v) is 3.97. The number of amides is 1. The highest BCUT2D eigenvalue weighted by Gasteiger charge is 2.24. The second-order valence-electron chi connectivity index (χ2n) is 6.32. The van der Waals surface area contributed by atoms with E-state index in [9.17, 15) is 9.18 Å². The number of aromatic nitrogens is 3. The Morgan fingerprint density at radius 1 is 1.19 bits per heavy atom. The van der Waals surface area contributed by atoms with E-state index >= 15 is 0 Å². The number of carbonyl (C=O) groups excluding carboxylic acids is 1. The van der Waals surface area contributed by atoms with Gasteiger partial charge in [0.05, 0.1) is 6.20 Å². The molecule has 0 saturated carbocycles. The van der Waals surface area contributed by atoms with Crippen molar-refractivity contribution in [3.8, 4) is 10.6 Å². The molecule has 1 fully saturated rings. The molecule has 2 aromatic heterocycles. The van der Waals surface area contributed by atoms with Crippen molar-refractivity contribution >= 4 is 23.2 Å². The molecule has 138 valence electrons. The maximum Gasteiger partial charge on any atom is 0.263 e. The second-order valence-corrected chi connectivity index (χ2v) is 7.35. The molecule has 0 spiro atoms. The van der Waals surface area contributed by atoms with Crippen LogP contribution in [0.15, 0.2) is 48.9 Å². The van der Waals surface area contributed by atoms with E-state index < -0.39 is 0 Å². The van der Waals surface area contributed by atoms with Crippen molar-refractivity contribution in [1.29, 1.82) is 0 Å². The Morgan fingerprint density at radius 3 is 2.81 bits per heavy atom. The fourth-order valence-electron chi connectivity index (χ4n) is 3.13. The van der Waals surface area contributed by atoms with Gasteiger partial charge in [0.25, 0.3) is 5.91 Å². The molecule has 0 bridgehead atoms. The van der Waals surface area contributed by atoms with Crippen LogP contribution in [-0.4, -0.2) is 40.0 Å². The maximum absolute atomic E-state index is 13.9. The minimum absolute atomic E-state index is 0.00840. The van der Waals surface area contributed by atoms with Gasteiger partial charge in [0.1, 0.15) is 15.7 Å². The first kappa shape index (κ1) is 17.5. The number of piperidine rings is 1. The summed E-state index contributed by atoms with van der Waals surface area (Å²) in [6.45, 7) is 1.53. The summed E-state index contributed by atoms with van der Waals surface area (Å²) in [6, 6.07) is 8.22. The molecule has 4 rings (SSSR count). The third-order valence-electron chi connectivity index (χ3n) is 4.43. The molecule has 1 atom stereocenters. The van der Waals surface area contributed by atoms with Crippen LogP contribution in [0.2, 0.25) is 0 Å². The monoisotopic (exact) mass is 383 g/mol. The third-order valence-corrected chi connectivity index (χ3v) is 5.45. The number of hydrogen-bond donors (Lipinski definition) is 1. The van der Waals surface area contributed by atoms with Gasteiger partial charge in [-0.15, -0.1) is 11.3 Å². The third kappa shape index (κ3) is 3.95. The minimum atomic E-state index is -0.343. The number of rotatable bonds is 4. The summed E-state index contributed by atoms with van der Waals surface area (Å²) in [6.07, 6.45) is 6.78. The minimum Gasteiger partial charge on any atom is -0.347 e. The molecule has 1 N–H and O–H groups in total. The summed E-state index contributed by atoms with van der Waals surface area (Å²) in [5, 5.41) is 3.56. The summed E-state index contributed by atoms with van der Waals surface area (Å²) >= 11 is 1.19. The van der Waals surface area contributed by atoms with Gasteiger partial charge in [0.2, 0.25) is 5.95 Å². The van der Waals surface area contributed by atoms with Crippen LogP contribution in [0, 0.1) is 5.82 Å². The molecule has 3 aromatic rings. The molecular weight excluding hydrogens is 365 g/mol. The molecule has 0 aliphatic carbocycles. The Kier molecular flexibility index (Phi) is 5.06. The highest BCUT2D eigenvalue weighted by molar-refractivity contribution is 7.16. The highest BCUT2D eigenvalue weighted by atomic mass is 32.1. The van der Waals surface area contributed by atoms with E-state index in [1.165, 1.54) is 23.6 Å². The standard InChI is InChI=1S/C19H18FN5OS/c20-15-7-2-1-6-14(15)18-23-11-16(27-18)17(26)24-13-5-3-10-25(12-13)19-21-8-4-9-22-19/h1-2,4,6-9,11,13H,3,5,10,12H2,(H,24,26). The van der Waals surface area contributed by atoms with Crippen LogP contribution in [0.5, 0.6) is 0 Å². The van der Waals surface area contributed by atoms with Gasteiger partial charge in [-0.05, 0) is 31.0 Å². The number of benzene rings is 1. The van der Waals surface area contributed by atoms with Gasteiger partial charge >= 0.3 is 0 Å². The van der Waals surface area contributed by atoms with Crippen molar-refractivity contribution in [2.45, 2.75) is 18.9 Å². The summed E-state index contributed by atoms with van der Waals surface area (Å²) in [7, 11) is 0. The van der Waals surface area contributed by atoms with Gasteiger partial charge in [-0.2, -0.15) is 0 Å². The van der Waals surface area contributed by atoms with E-state index in [4.69, 9.17) is 0 Å². The number of nitrogens with zero attached hydrogens (tertiary/aromatic N) is 4. The maximum atomic E-state index is 13.9. The molecule has 1 aromatic carbocycles. The predicted molar refractivity (Wildman–Crippen MR) is 102 cm³/mol. The van der Waals surface area contributed by atoms with E-state index in [1.54, 1.807) is 36.7 Å². The first-order valence-corrected chi connectivity index (χ1v) is 9.56. The fraction of sp³-hybridized carbons (Fsp3) is 0.263. The summed E-state index contributed by atoms with van der Waals surface area (Å²) in [5.74, 6) is 0.150. The largest absolute Gasteiger partial charge is 0.347 e. The molecule has 3 heterocycles. The zero-order valence-electron chi connectivity index (χ0n) is 14.5. The van der Waals surface area contributed by atoms with Gasteiger partial charge in [0, 0.05) is 37.1 Å². The normalized spacial score (nSPS) is 16.9. The number of halogens is 1. The predicted octanol–water partition coefficient (Wildman–Crippen LogP) is 3.14. The Hall–Kier alpha value is -2.87. The summed E-state index contributed by atoms with van der Waals surface area (Å²) in [4.78, 5) is 27.9. The van der Waals surface area contributed by atoms with Crippen molar-refractivity contribution in [2.24, 2.45) is 0 Å². The number of nitrogens with one attached hydrogen (secondary N) is 1. The Balaban J connectivity index is 1.43. The number of hydrogen-bond acceptors (Lipinski definition) is 6. The van der Waals surface area contributed by atoms with E-state index in [-0.39, 0.29) is 17.8 Å². The Morgan fingerprint density at radius 2 is 2.00 bits per heavy atom. The topological polar surface area (TPSA) is 71.0 Å². The van der Waals surface area contributed by atoms with Gasteiger partial charge in [-0.25, -0.2) is 19.3 Å². The molecule has 6 nitrogen and oxygen atoms in total. The van der Waals surface area contributed by atoms with Crippen LogP contribution < -0.4 is 10.2 Å². The number of anilines is 1. The first-order valence-electron chi connectivity index (χ1n) is 8.74. The van der Waals surface area contributed by atoms with Gasteiger partial charge in [-0.3, -0.25) is 4.79 Å². The zero-order chi connectivity index (χ0) is 18.6. The van der Waals surface area contributed by atoms with Crippen molar-refractivity contribution in [3.05, 3.63) is 59.6 Å². The molecule has 1 aliphatic rings. The van der Waals surface area contributed by atoms with Crippen LogP contribution in [-0.2, 0) is 0 Å². The lowest BCUT2D eigenvalue weighted by atomic mass is 10.1. The first-order chi connectivity index (χ1) is 13.2.